The van der Waals surface area contributed by atoms with Gasteiger partial charge < -0.3 is 11.1 Å². The van der Waals surface area contributed by atoms with E-state index in [-0.39, 0.29) is 17.9 Å². The zero-order chi connectivity index (χ0) is 13.7. The molecule has 0 bridgehead atoms. The summed E-state index contributed by atoms with van der Waals surface area (Å²) in [5.41, 5.74) is 7.85. The third-order valence-electron chi connectivity index (χ3n) is 3.56. The van der Waals surface area contributed by atoms with E-state index in [2.05, 4.69) is 31.3 Å². The van der Waals surface area contributed by atoms with Crippen molar-refractivity contribution in [3.05, 3.63) is 29.8 Å². The maximum atomic E-state index is 11.8. The largest absolute Gasteiger partial charge is 0.327 e. The van der Waals surface area contributed by atoms with Gasteiger partial charge in [-0.25, -0.2) is 0 Å². The zero-order valence-electron chi connectivity index (χ0n) is 11.7. The number of carbonyl (C=O) groups excluding carboxylic acids is 1. The molecule has 1 aromatic carbocycles. The molecule has 3 nitrogen and oxygen atoms in total. The number of hydrogen-bond donors (Lipinski definition) is 2. The molecule has 0 spiro atoms. The molecule has 3 atom stereocenters. The van der Waals surface area contributed by atoms with Gasteiger partial charge in [0.05, 0.1) is 5.92 Å². The molecule has 3 N–H and O–H groups in total. The molecule has 0 saturated heterocycles. The summed E-state index contributed by atoms with van der Waals surface area (Å²) in [6.07, 6.45) is 1.12. The predicted octanol–water partition coefficient (Wildman–Crippen LogP) is 3.12. The van der Waals surface area contributed by atoms with Crippen LogP contribution in [0.5, 0.6) is 0 Å². The lowest BCUT2D eigenvalue weighted by Crippen LogP contribution is -2.34. The van der Waals surface area contributed by atoms with E-state index in [1.54, 1.807) is 0 Å². The van der Waals surface area contributed by atoms with Gasteiger partial charge >= 0.3 is 0 Å². The van der Waals surface area contributed by atoms with Crippen molar-refractivity contribution in [1.82, 2.24) is 0 Å². The second-order valence-corrected chi connectivity index (χ2v) is 5.07. The van der Waals surface area contributed by atoms with E-state index in [1.807, 2.05) is 26.0 Å². The molecule has 18 heavy (non-hydrogen) atoms. The Balaban J connectivity index is 2.67. The fraction of sp³-hybridized carbons (Fsp3) is 0.533. The minimum Gasteiger partial charge on any atom is -0.327 e. The fourth-order valence-corrected chi connectivity index (χ4v) is 1.63. The lowest BCUT2D eigenvalue weighted by atomic mass is 9.98. The minimum absolute atomic E-state index is 0.0266. The van der Waals surface area contributed by atoms with Gasteiger partial charge in [-0.1, -0.05) is 32.9 Å². The summed E-state index contributed by atoms with van der Waals surface area (Å²) >= 11 is 0. The summed E-state index contributed by atoms with van der Waals surface area (Å²) in [6, 6.07) is 7.91. The molecule has 3 unspecified atom stereocenters. The van der Waals surface area contributed by atoms with Crippen molar-refractivity contribution < 1.29 is 4.79 Å². The van der Waals surface area contributed by atoms with Crippen molar-refractivity contribution >= 4 is 11.6 Å². The molecule has 0 aliphatic carbocycles. The molecule has 1 amide bonds. The zero-order valence-corrected chi connectivity index (χ0v) is 11.7. The summed E-state index contributed by atoms with van der Waals surface area (Å²) in [4.78, 5) is 11.8. The average Bonchev–Trinajstić information content (AvgIpc) is 2.37. The standard InChI is InChI=1S/C15H24N2O/c1-5-10(2)13-6-8-14(9-7-13)17-15(18)11(3)12(4)16/h6-12H,5,16H2,1-4H3,(H,17,18). The Kier molecular flexibility index (Phi) is 5.35. The van der Waals surface area contributed by atoms with Crippen LogP contribution in [0.4, 0.5) is 5.69 Å². The van der Waals surface area contributed by atoms with Crippen LogP contribution in [0.15, 0.2) is 24.3 Å². The number of anilines is 1. The van der Waals surface area contributed by atoms with E-state index in [1.165, 1.54) is 5.56 Å². The average molecular weight is 248 g/mol. The normalized spacial score (nSPS) is 15.8. The summed E-state index contributed by atoms with van der Waals surface area (Å²) < 4.78 is 0. The van der Waals surface area contributed by atoms with E-state index in [9.17, 15) is 4.79 Å². The van der Waals surface area contributed by atoms with Crippen LogP contribution in [0.1, 0.15) is 45.6 Å². The molecule has 0 aliphatic heterocycles. The highest BCUT2D eigenvalue weighted by Crippen LogP contribution is 2.20. The Labute approximate surface area is 110 Å². The Morgan fingerprint density at radius 2 is 1.78 bits per heavy atom. The van der Waals surface area contributed by atoms with E-state index >= 15 is 0 Å². The first-order valence-electron chi connectivity index (χ1n) is 6.62. The Hall–Kier alpha value is -1.35. The van der Waals surface area contributed by atoms with Crippen LogP contribution in [0, 0.1) is 5.92 Å². The highest BCUT2D eigenvalue weighted by Gasteiger charge is 2.16. The van der Waals surface area contributed by atoms with Gasteiger partial charge in [0, 0.05) is 11.7 Å². The Morgan fingerprint density at radius 1 is 1.22 bits per heavy atom. The van der Waals surface area contributed by atoms with Crippen molar-refractivity contribution in [3.63, 3.8) is 0 Å². The number of hydrogen-bond acceptors (Lipinski definition) is 2. The summed E-state index contributed by atoms with van der Waals surface area (Å²) in [5.74, 6) is 0.346. The lowest BCUT2D eigenvalue weighted by Gasteiger charge is -2.16. The molecule has 100 valence electrons. The van der Waals surface area contributed by atoms with Crippen LogP contribution >= 0.6 is 0 Å². The minimum atomic E-state index is -0.181. The van der Waals surface area contributed by atoms with Gasteiger partial charge in [-0.15, -0.1) is 0 Å². The highest BCUT2D eigenvalue weighted by atomic mass is 16.1. The van der Waals surface area contributed by atoms with Gasteiger partial charge in [-0.05, 0) is 37.0 Å². The monoisotopic (exact) mass is 248 g/mol. The molecule has 0 aliphatic rings. The van der Waals surface area contributed by atoms with E-state index in [0.29, 0.717) is 5.92 Å². The van der Waals surface area contributed by atoms with Crippen LogP contribution in [0.25, 0.3) is 0 Å². The smallest absolute Gasteiger partial charge is 0.228 e. The topological polar surface area (TPSA) is 55.1 Å². The lowest BCUT2D eigenvalue weighted by molar-refractivity contribution is -0.119. The maximum Gasteiger partial charge on any atom is 0.228 e. The van der Waals surface area contributed by atoms with Gasteiger partial charge in [0.1, 0.15) is 0 Å². The van der Waals surface area contributed by atoms with Gasteiger partial charge in [0.25, 0.3) is 0 Å². The predicted molar refractivity (Wildman–Crippen MR) is 76.6 cm³/mol. The summed E-state index contributed by atoms with van der Waals surface area (Å²) in [5, 5.41) is 2.89. The quantitative estimate of drug-likeness (QED) is 0.841. The van der Waals surface area contributed by atoms with Crippen LogP contribution in [0.2, 0.25) is 0 Å². The molecular formula is C15H24N2O. The molecular weight excluding hydrogens is 224 g/mol. The maximum absolute atomic E-state index is 11.8. The first-order chi connectivity index (χ1) is 8.45. The van der Waals surface area contributed by atoms with Gasteiger partial charge in [-0.2, -0.15) is 0 Å². The molecule has 0 radical (unpaired) electrons. The number of nitrogens with one attached hydrogen (secondary N) is 1. The SMILES string of the molecule is CCC(C)c1ccc(NC(=O)C(C)C(C)N)cc1. The summed E-state index contributed by atoms with van der Waals surface area (Å²) in [6.45, 7) is 8.06. The first-order valence-corrected chi connectivity index (χ1v) is 6.62. The van der Waals surface area contributed by atoms with Crippen molar-refractivity contribution in [2.45, 2.75) is 46.1 Å². The van der Waals surface area contributed by atoms with Crippen LogP contribution < -0.4 is 11.1 Å². The second-order valence-electron chi connectivity index (χ2n) is 5.07. The molecule has 0 aromatic heterocycles. The van der Waals surface area contributed by atoms with E-state index < -0.39 is 0 Å². The van der Waals surface area contributed by atoms with Gasteiger partial charge in [-0.3, -0.25) is 4.79 Å². The van der Waals surface area contributed by atoms with Crippen molar-refractivity contribution in [1.29, 1.82) is 0 Å². The Morgan fingerprint density at radius 3 is 2.22 bits per heavy atom. The van der Waals surface area contributed by atoms with E-state index in [0.717, 1.165) is 12.1 Å². The number of rotatable bonds is 5. The van der Waals surface area contributed by atoms with Gasteiger partial charge in [0.15, 0.2) is 0 Å². The molecule has 0 fully saturated rings. The molecule has 0 saturated carbocycles. The fourth-order valence-electron chi connectivity index (χ4n) is 1.63. The van der Waals surface area contributed by atoms with Crippen molar-refractivity contribution in [3.8, 4) is 0 Å². The van der Waals surface area contributed by atoms with Crippen molar-refractivity contribution in [2.75, 3.05) is 5.32 Å². The molecule has 3 heteroatoms. The highest BCUT2D eigenvalue weighted by molar-refractivity contribution is 5.92. The third kappa shape index (κ3) is 3.84. The van der Waals surface area contributed by atoms with Crippen LogP contribution in [-0.4, -0.2) is 11.9 Å². The summed E-state index contributed by atoms with van der Waals surface area (Å²) in [7, 11) is 0. The molecule has 1 rings (SSSR count). The second kappa shape index (κ2) is 6.55. The first kappa shape index (κ1) is 14.7. The number of amides is 1. The van der Waals surface area contributed by atoms with Gasteiger partial charge in [0.2, 0.25) is 5.91 Å². The number of nitrogens with two attached hydrogens (primary N) is 1. The van der Waals surface area contributed by atoms with Crippen molar-refractivity contribution in [2.24, 2.45) is 11.7 Å². The molecule has 0 heterocycles. The molecule has 1 aromatic rings. The van der Waals surface area contributed by atoms with Crippen LogP contribution in [-0.2, 0) is 4.79 Å². The van der Waals surface area contributed by atoms with Crippen LogP contribution in [0.3, 0.4) is 0 Å². The Bertz CT molecular complexity index is 384. The van der Waals surface area contributed by atoms with E-state index in [4.69, 9.17) is 5.73 Å². The number of benzene rings is 1. The third-order valence-corrected chi connectivity index (χ3v) is 3.56. The number of carbonyl (C=O) groups is 1.